The van der Waals surface area contributed by atoms with E-state index in [0.717, 1.165) is 48.8 Å². The van der Waals surface area contributed by atoms with E-state index < -0.39 is 74.7 Å². The highest BCUT2D eigenvalue weighted by atomic mass is 32.2. The topological polar surface area (TPSA) is 187 Å². The second-order valence-electron chi connectivity index (χ2n) is 11.1. The van der Waals surface area contributed by atoms with Gasteiger partial charge in [-0.25, -0.2) is 31.4 Å². The summed E-state index contributed by atoms with van der Waals surface area (Å²) >= 11 is -3.03. The molecule has 0 saturated heterocycles. The van der Waals surface area contributed by atoms with Gasteiger partial charge >= 0.3 is 0 Å². The van der Waals surface area contributed by atoms with Gasteiger partial charge < -0.3 is 0 Å². The summed E-state index contributed by atoms with van der Waals surface area (Å²) in [6, 6.07) is 6.71. The molecule has 53 heavy (non-hydrogen) atoms. The number of amides is 4. The molecular formula is C34H33F4N5O8S2. The van der Waals surface area contributed by atoms with Crippen LogP contribution in [0, 0.1) is 40.1 Å². The molecule has 6 rings (SSSR count). The molecule has 282 valence electrons. The summed E-state index contributed by atoms with van der Waals surface area (Å²) in [7, 11) is 3.08. The third kappa shape index (κ3) is 9.30. The van der Waals surface area contributed by atoms with Crippen LogP contribution < -0.4 is 14.5 Å². The minimum absolute atomic E-state index is 0.00422. The van der Waals surface area contributed by atoms with E-state index in [0.29, 0.717) is 66.1 Å². The number of alkyl halides is 1. The van der Waals surface area contributed by atoms with Gasteiger partial charge in [-0.3, -0.25) is 36.7 Å². The molecule has 1 N–H and O–H groups in total. The predicted octanol–water partition coefficient (Wildman–Crippen LogP) is 5.17. The van der Waals surface area contributed by atoms with Crippen molar-refractivity contribution in [2.75, 3.05) is 42.2 Å². The summed E-state index contributed by atoms with van der Waals surface area (Å²) in [5, 5.41) is 17.8. The van der Waals surface area contributed by atoms with Crippen molar-refractivity contribution >= 4 is 63.0 Å². The lowest BCUT2D eigenvalue weighted by Crippen LogP contribution is -2.32. The minimum Gasteiger partial charge on any atom is -0.294 e. The first-order valence-electron chi connectivity index (χ1n) is 15.6. The number of hydrogen-bond acceptors (Lipinski definition) is 10. The maximum Gasteiger partial charge on any atom is 0.261 e. The smallest absolute Gasteiger partial charge is 0.261 e. The van der Waals surface area contributed by atoms with Crippen LogP contribution in [0.15, 0.2) is 46.6 Å². The Labute approximate surface area is 307 Å². The van der Waals surface area contributed by atoms with Gasteiger partial charge in [0.15, 0.2) is 11.1 Å². The number of halogens is 4. The highest BCUT2D eigenvalue weighted by molar-refractivity contribution is 7.81. The molecule has 0 fully saturated rings. The Balaban J connectivity index is 0.000000246. The maximum atomic E-state index is 14.5. The molecule has 4 amide bonds. The molecule has 0 saturated carbocycles. The van der Waals surface area contributed by atoms with Gasteiger partial charge in [-0.2, -0.15) is 10.5 Å². The number of hydrogen-bond donors (Lipinski definition) is 1. The molecule has 2 aliphatic heterocycles. The Bertz CT molecular complexity index is 1970. The second-order valence-corrected chi connectivity index (χ2v) is 13.3. The summed E-state index contributed by atoms with van der Waals surface area (Å²) in [5.41, 5.74) is 0.354. The summed E-state index contributed by atoms with van der Waals surface area (Å²) in [6.07, 6.45) is 6.64. The van der Waals surface area contributed by atoms with Gasteiger partial charge in [0, 0.05) is 34.6 Å². The van der Waals surface area contributed by atoms with Crippen molar-refractivity contribution in [1.82, 2.24) is 0 Å². The molecule has 13 nitrogen and oxygen atoms in total. The molecule has 2 unspecified atom stereocenters. The van der Waals surface area contributed by atoms with E-state index in [-0.39, 0.29) is 16.9 Å². The van der Waals surface area contributed by atoms with Crippen LogP contribution in [0.5, 0.6) is 0 Å². The molecule has 2 heterocycles. The van der Waals surface area contributed by atoms with Gasteiger partial charge in [0.1, 0.15) is 29.6 Å². The lowest BCUT2D eigenvalue weighted by Gasteiger charge is -2.18. The lowest BCUT2D eigenvalue weighted by molar-refractivity contribution is -0.122. The summed E-state index contributed by atoms with van der Waals surface area (Å²) in [5.74, 6) is -5.06. The fraction of sp³-hybridized carbons (Fsp3) is 0.353. The molecule has 4 aliphatic rings. The Morgan fingerprint density at radius 2 is 1.00 bits per heavy atom. The molecule has 0 radical (unpaired) electrons. The van der Waals surface area contributed by atoms with E-state index in [1.807, 2.05) is 0 Å². The normalized spacial score (nSPS) is 17.2. The van der Waals surface area contributed by atoms with E-state index >= 15 is 0 Å². The van der Waals surface area contributed by atoms with Crippen LogP contribution in [0.4, 0.5) is 34.6 Å². The number of carbonyl (C=O) groups excluding carboxylic acids is 4. The minimum atomic E-state index is -1.95. The number of rotatable bonds is 6. The monoisotopic (exact) mass is 779 g/mol. The summed E-state index contributed by atoms with van der Waals surface area (Å²) in [6.45, 7) is 0. The number of imide groups is 2. The molecule has 0 aromatic heterocycles. The highest BCUT2D eigenvalue weighted by Crippen LogP contribution is 2.39. The Kier molecular flexibility index (Phi) is 15.3. The SMILES string of the molecule is CF.COS(=O)Nc1cc(N2C(=O)C3=C(CCCC3)C2=O)c(F)cc1C#N.COS(C)=O.N#Cc1cc(F)c(N2C(=O)C3=C(CCCC3)C2=O)cc1F. The van der Waals surface area contributed by atoms with Crippen LogP contribution in [0.1, 0.15) is 62.5 Å². The largest absolute Gasteiger partial charge is 0.294 e. The van der Waals surface area contributed by atoms with Crippen molar-refractivity contribution < 1.29 is 53.5 Å². The van der Waals surface area contributed by atoms with Gasteiger partial charge in [-0.05, 0) is 69.6 Å². The van der Waals surface area contributed by atoms with Crippen molar-refractivity contribution in [2.24, 2.45) is 0 Å². The number of carbonyl (C=O) groups is 4. The number of nitriles is 2. The first kappa shape index (κ1) is 42.3. The van der Waals surface area contributed by atoms with Gasteiger partial charge in [0.05, 0.1) is 49.6 Å². The third-order valence-corrected chi connectivity index (χ3v) is 9.36. The fourth-order valence-electron chi connectivity index (χ4n) is 5.75. The van der Waals surface area contributed by atoms with Gasteiger partial charge in [0.2, 0.25) is 0 Å². The van der Waals surface area contributed by atoms with E-state index in [1.165, 1.54) is 26.5 Å². The van der Waals surface area contributed by atoms with Crippen molar-refractivity contribution in [3.63, 3.8) is 0 Å². The molecule has 2 aliphatic carbocycles. The zero-order valence-corrected chi connectivity index (χ0v) is 30.5. The number of benzene rings is 2. The van der Waals surface area contributed by atoms with Gasteiger partial charge in [-0.15, -0.1) is 0 Å². The third-order valence-electron chi connectivity index (χ3n) is 8.21. The molecule has 0 spiro atoms. The van der Waals surface area contributed by atoms with Crippen LogP contribution in [-0.4, -0.2) is 59.7 Å². The van der Waals surface area contributed by atoms with Crippen LogP contribution >= 0.6 is 0 Å². The molecule has 19 heteroatoms. The van der Waals surface area contributed by atoms with Crippen LogP contribution in [0.3, 0.4) is 0 Å². The summed E-state index contributed by atoms with van der Waals surface area (Å²) < 4.78 is 84.0. The molecule has 2 aromatic rings. The first-order chi connectivity index (χ1) is 25.3. The second kappa shape index (κ2) is 19.1. The van der Waals surface area contributed by atoms with Gasteiger partial charge in [-0.1, -0.05) is 0 Å². The van der Waals surface area contributed by atoms with Crippen LogP contribution in [-0.2, 0) is 49.9 Å². The lowest BCUT2D eigenvalue weighted by atomic mass is 9.93. The van der Waals surface area contributed by atoms with Crippen LogP contribution in [0.25, 0.3) is 0 Å². The average molecular weight is 780 g/mol. The van der Waals surface area contributed by atoms with E-state index in [4.69, 9.17) is 10.5 Å². The Morgan fingerprint density at radius 3 is 1.34 bits per heavy atom. The number of anilines is 3. The predicted molar refractivity (Wildman–Crippen MR) is 185 cm³/mol. The van der Waals surface area contributed by atoms with Crippen molar-refractivity contribution in [3.05, 3.63) is 75.1 Å². The quantitative estimate of drug-likeness (QED) is 0.303. The average Bonchev–Trinajstić information content (AvgIpc) is 3.57. The zero-order chi connectivity index (χ0) is 39.6. The maximum absolute atomic E-state index is 14.5. The zero-order valence-electron chi connectivity index (χ0n) is 28.8. The number of nitrogens with one attached hydrogen (secondary N) is 1. The van der Waals surface area contributed by atoms with Crippen molar-refractivity contribution in [2.45, 2.75) is 51.4 Å². The first-order valence-corrected chi connectivity index (χ1v) is 18.2. The Morgan fingerprint density at radius 1 is 0.642 bits per heavy atom. The highest BCUT2D eigenvalue weighted by Gasteiger charge is 2.42. The molecule has 0 bridgehead atoms. The summed E-state index contributed by atoms with van der Waals surface area (Å²) in [4.78, 5) is 51.1. The fourth-order valence-corrected chi connectivity index (χ4v) is 6.18. The van der Waals surface area contributed by atoms with Gasteiger partial charge in [0.25, 0.3) is 34.9 Å². The molecule has 2 aromatic carbocycles. The van der Waals surface area contributed by atoms with Crippen molar-refractivity contribution in [1.29, 1.82) is 10.5 Å². The van der Waals surface area contributed by atoms with E-state index in [2.05, 4.69) is 13.1 Å². The van der Waals surface area contributed by atoms with E-state index in [1.54, 1.807) is 6.07 Å². The number of nitrogens with zero attached hydrogens (tertiary/aromatic N) is 4. The van der Waals surface area contributed by atoms with Crippen LogP contribution in [0.2, 0.25) is 0 Å². The van der Waals surface area contributed by atoms with E-state index in [9.17, 15) is 45.2 Å². The van der Waals surface area contributed by atoms with Crippen molar-refractivity contribution in [3.8, 4) is 12.1 Å². The Hall–Kier alpha value is -5.08. The molecule has 2 atom stereocenters. The molecular weight excluding hydrogens is 747 g/mol. The standard InChI is InChI=1S/C16H14FN3O4S.C15H10F2N2O2.C2H6O2S.CH3F/c1-24-25(23)19-13-7-14(12(17)6-9(13)8-18)20-15(21)10-4-2-3-5-11(10)16(20)22;16-11-6-13(12(17)5-8(11)7-18)19-14(20)9-3-1-2-4-10(9)15(19)21;1-4-5(2)3;1-2/h6-7,19H,2-5H2,1H3;5-6H,1-4H2;1-2H3;1H3.